The molecule has 0 spiro atoms. The first kappa shape index (κ1) is 20.4. The lowest BCUT2D eigenvalue weighted by Crippen LogP contribution is -2.34. The molecule has 24 heavy (non-hydrogen) atoms. The van der Waals surface area contributed by atoms with E-state index >= 15 is 0 Å². The van der Waals surface area contributed by atoms with Crippen molar-refractivity contribution in [3.05, 3.63) is 29.8 Å². The zero-order valence-corrected chi connectivity index (χ0v) is 14.2. The van der Waals surface area contributed by atoms with Gasteiger partial charge < -0.3 is 15.7 Å². The summed E-state index contributed by atoms with van der Waals surface area (Å²) in [6.45, 7) is 6.11. The normalized spacial score (nSPS) is 15.6. The molecule has 1 rings (SSSR count). The van der Waals surface area contributed by atoms with Gasteiger partial charge in [-0.3, -0.25) is 4.79 Å². The van der Waals surface area contributed by atoms with Crippen LogP contribution in [0.25, 0.3) is 0 Å². The fourth-order valence-electron chi connectivity index (χ4n) is 2.46. The van der Waals surface area contributed by atoms with Gasteiger partial charge in [-0.15, -0.1) is 0 Å². The second-order valence-corrected chi connectivity index (χ2v) is 6.29. The van der Waals surface area contributed by atoms with Gasteiger partial charge in [0.05, 0.1) is 17.4 Å². The predicted molar refractivity (Wildman–Crippen MR) is 87.6 cm³/mol. The van der Waals surface area contributed by atoms with E-state index in [0.29, 0.717) is 13.0 Å². The molecule has 0 bridgehead atoms. The van der Waals surface area contributed by atoms with Crippen molar-refractivity contribution < 1.29 is 23.1 Å². The van der Waals surface area contributed by atoms with Crippen molar-refractivity contribution in [1.29, 1.82) is 0 Å². The molecule has 3 N–H and O–H groups in total. The molecular formula is C17H25F3N2O2. The summed E-state index contributed by atoms with van der Waals surface area (Å²) in [5, 5.41) is 14.8. The number of aliphatic hydroxyl groups excluding tert-OH is 1. The Kier molecular flexibility index (Phi) is 7.69. The van der Waals surface area contributed by atoms with E-state index in [-0.39, 0.29) is 30.2 Å². The van der Waals surface area contributed by atoms with E-state index < -0.39 is 17.6 Å². The van der Waals surface area contributed by atoms with Crippen LogP contribution in [0.2, 0.25) is 0 Å². The van der Waals surface area contributed by atoms with E-state index in [4.69, 9.17) is 0 Å². The van der Waals surface area contributed by atoms with E-state index in [2.05, 4.69) is 10.6 Å². The van der Waals surface area contributed by atoms with Crippen LogP contribution in [-0.4, -0.2) is 29.7 Å². The van der Waals surface area contributed by atoms with Gasteiger partial charge in [-0.05, 0) is 44.9 Å². The lowest BCUT2D eigenvalue weighted by molar-refractivity contribution is -0.137. The van der Waals surface area contributed by atoms with Gasteiger partial charge in [0.1, 0.15) is 0 Å². The fourth-order valence-corrected chi connectivity index (χ4v) is 2.46. The Balaban J connectivity index is 2.52. The highest BCUT2D eigenvalue weighted by Gasteiger charge is 2.33. The quantitative estimate of drug-likeness (QED) is 0.676. The van der Waals surface area contributed by atoms with Crippen LogP contribution in [0.3, 0.4) is 0 Å². The average molecular weight is 346 g/mol. The second kappa shape index (κ2) is 9.03. The van der Waals surface area contributed by atoms with Crippen molar-refractivity contribution >= 4 is 11.6 Å². The van der Waals surface area contributed by atoms with E-state index in [1.807, 2.05) is 6.92 Å². The molecule has 0 aliphatic heterocycles. The number of aliphatic hydroxyl groups is 1. The Hall–Kier alpha value is -1.60. The van der Waals surface area contributed by atoms with Crippen molar-refractivity contribution in [2.45, 2.75) is 51.9 Å². The molecule has 0 aliphatic carbocycles. The molecule has 0 radical (unpaired) electrons. The van der Waals surface area contributed by atoms with Gasteiger partial charge in [0.2, 0.25) is 5.91 Å². The first-order valence-electron chi connectivity index (χ1n) is 7.97. The molecule has 3 unspecified atom stereocenters. The largest absolute Gasteiger partial charge is 0.418 e. The fraction of sp³-hybridized carbons (Fsp3) is 0.588. The van der Waals surface area contributed by atoms with Crippen LogP contribution in [0.15, 0.2) is 24.3 Å². The van der Waals surface area contributed by atoms with E-state index in [1.54, 1.807) is 13.8 Å². The average Bonchev–Trinajstić information content (AvgIpc) is 2.43. The van der Waals surface area contributed by atoms with Gasteiger partial charge in [0.15, 0.2) is 0 Å². The van der Waals surface area contributed by atoms with Crippen LogP contribution in [0.1, 0.15) is 39.2 Å². The molecule has 3 atom stereocenters. The van der Waals surface area contributed by atoms with Gasteiger partial charge >= 0.3 is 6.18 Å². The Morgan fingerprint density at radius 2 is 1.83 bits per heavy atom. The number of carbonyl (C=O) groups excluding carboxylic acids is 1. The summed E-state index contributed by atoms with van der Waals surface area (Å²) >= 11 is 0. The molecule has 1 aromatic carbocycles. The number of hydrogen-bond donors (Lipinski definition) is 3. The Labute approximate surface area is 140 Å². The number of benzene rings is 1. The molecule has 136 valence electrons. The Morgan fingerprint density at radius 1 is 1.21 bits per heavy atom. The van der Waals surface area contributed by atoms with Crippen LogP contribution in [-0.2, 0) is 11.0 Å². The van der Waals surface area contributed by atoms with Gasteiger partial charge in [-0.1, -0.05) is 19.1 Å². The van der Waals surface area contributed by atoms with Crippen LogP contribution in [0.4, 0.5) is 18.9 Å². The minimum atomic E-state index is -4.51. The van der Waals surface area contributed by atoms with Crippen molar-refractivity contribution in [2.24, 2.45) is 5.92 Å². The number of rotatable bonds is 8. The smallest absolute Gasteiger partial charge is 0.393 e. The zero-order valence-electron chi connectivity index (χ0n) is 14.2. The van der Waals surface area contributed by atoms with Gasteiger partial charge in [-0.2, -0.15) is 13.2 Å². The summed E-state index contributed by atoms with van der Waals surface area (Å²) in [7, 11) is 0. The monoisotopic (exact) mass is 346 g/mol. The summed E-state index contributed by atoms with van der Waals surface area (Å²) in [4.78, 5) is 12.0. The molecule has 7 heteroatoms. The molecule has 4 nitrogen and oxygen atoms in total. The van der Waals surface area contributed by atoms with E-state index in [9.17, 15) is 23.1 Å². The third-order valence-corrected chi connectivity index (χ3v) is 3.56. The van der Waals surface area contributed by atoms with E-state index in [0.717, 1.165) is 6.07 Å². The molecule has 0 heterocycles. The summed E-state index contributed by atoms with van der Waals surface area (Å²) < 4.78 is 38.7. The highest BCUT2D eigenvalue weighted by atomic mass is 19.4. The summed E-state index contributed by atoms with van der Waals surface area (Å²) in [6, 6.07) is 4.73. The number of para-hydroxylation sites is 1. The van der Waals surface area contributed by atoms with Crippen LogP contribution >= 0.6 is 0 Å². The number of amides is 1. The Morgan fingerprint density at radius 3 is 2.42 bits per heavy atom. The van der Waals surface area contributed by atoms with Crippen molar-refractivity contribution in [1.82, 2.24) is 5.32 Å². The second-order valence-electron chi connectivity index (χ2n) is 6.29. The SMILES string of the molecule is CC(O)CC(C)CNC(C)CC(=O)Nc1ccccc1C(F)(F)F. The first-order chi connectivity index (χ1) is 11.1. The van der Waals surface area contributed by atoms with Gasteiger partial charge in [0, 0.05) is 12.5 Å². The van der Waals surface area contributed by atoms with Gasteiger partial charge in [-0.25, -0.2) is 0 Å². The minimum Gasteiger partial charge on any atom is -0.393 e. The number of anilines is 1. The van der Waals surface area contributed by atoms with Gasteiger partial charge in [0.25, 0.3) is 0 Å². The third-order valence-electron chi connectivity index (χ3n) is 3.56. The predicted octanol–water partition coefficient (Wildman–Crippen LogP) is 3.42. The minimum absolute atomic E-state index is 0.0631. The summed E-state index contributed by atoms with van der Waals surface area (Å²) in [6.07, 6.45) is -4.19. The summed E-state index contributed by atoms with van der Waals surface area (Å²) in [5.41, 5.74) is -1.09. The van der Waals surface area contributed by atoms with Crippen molar-refractivity contribution in [2.75, 3.05) is 11.9 Å². The molecule has 1 amide bonds. The van der Waals surface area contributed by atoms with Crippen LogP contribution in [0.5, 0.6) is 0 Å². The number of alkyl halides is 3. The molecule has 1 aromatic rings. The highest BCUT2D eigenvalue weighted by molar-refractivity contribution is 5.92. The van der Waals surface area contributed by atoms with Crippen molar-refractivity contribution in [3.8, 4) is 0 Å². The maximum absolute atomic E-state index is 12.9. The lowest BCUT2D eigenvalue weighted by Gasteiger charge is -2.19. The molecule has 0 fully saturated rings. The van der Waals surface area contributed by atoms with Crippen LogP contribution < -0.4 is 10.6 Å². The number of hydrogen-bond acceptors (Lipinski definition) is 3. The maximum Gasteiger partial charge on any atom is 0.418 e. The molecule has 0 aliphatic rings. The van der Waals surface area contributed by atoms with Crippen LogP contribution in [0, 0.1) is 5.92 Å². The van der Waals surface area contributed by atoms with Crippen molar-refractivity contribution in [3.63, 3.8) is 0 Å². The van der Waals surface area contributed by atoms with E-state index in [1.165, 1.54) is 18.2 Å². The topological polar surface area (TPSA) is 61.4 Å². The highest BCUT2D eigenvalue weighted by Crippen LogP contribution is 2.34. The molecule has 0 aromatic heterocycles. The Bertz CT molecular complexity index is 533. The third kappa shape index (κ3) is 7.31. The lowest BCUT2D eigenvalue weighted by atomic mass is 10.0. The summed E-state index contributed by atoms with van der Waals surface area (Å²) in [5.74, 6) is -0.239. The molecular weight excluding hydrogens is 321 g/mol. The molecule has 0 saturated heterocycles. The number of carbonyl (C=O) groups is 1. The first-order valence-corrected chi connectivity index (χ1v) is 7.97. The standard InChI is InChI=1S/C17H25F3N2O2/c1-11(8-13(3)23)10-21-12(2)9-16(24)22-15-7-5-4-6-14(15)17(18,19)20/h4-7,11-13,21,23H,8-10H2,1-3H3,(H,22,24). The molecule has 0 saturated carbocycles. The number of nitrogens with one attached hydrogen (secondary N) is 2. The zero-order chi connectivity index (χ0) is 18.3. The number of halogens is 3. The maximum atomic E-state index is 12.9.